The molecule has 134 valence electrons. The minimum atomic E-state index is -0.573. The Hall–Kier alpha value is -2.06. The number of amides is 1. The number of fused-ring (bicyclic) bond motifs is 1. The molecular formula is C17H21FN3O3S+. The molecule has 3 rings (SSSR count). The van der Waals surface area contributed by atoms with Gasteiger partial charge in [0.25, 0.3) is 5.91 Å². The Labute approximate surface area is 149 Å². The van der Waals surface area contributed by atoms with E-state index in [1.807, 2.05) is 11.8 Å². The molecule has 1 saturated heterocycles. The van der Waals surface area contributed by atoms with Gasteiger partial charge in [-0.1, -0.05) is 0 Å². The van der Waals surface area contributed by atoms with Crippen molar-refractivity contribution in [2.45, 2.75) is 6.92 Å². The highest BCUT2D eigenvalue weighted by atomic mass is 32.2. The molecule has 1 aliphatic heterocycles. The van der Waals surface area contributed by atoms with Gasteiger partial charge in [0.1, 0.15) is 11.5 Å². The van der Waals surface area contributed by atoms with E-state index in [4.69, 9.17) is 4.74 Å². The number of anilines is 1. The molecule has 0 bridgehead atoms. The van der Waals surface area contributed by atoms with E-state index in [9.17, 15) is 14.0 Å². The summed E-state index contributed by atoms with van der Waals surface area (Å²) in [7, 11) is 0. The Morgan fingerprint density at radius 2 is 2.12 bits per heavy atom. The zero-order chi connectivity index (χ0) is 17.8. The van der Waals surface area contributed by atoms with Crippen molar-refractivity contribution in [2.24, 2.45) is 0 Å². The summed E-state index contributed by atoms with van der Waals surface area (Å²) in [4.78, 5) is 28.8. The van der Waals surface area contributed by atoms with Crippen LogP contribution in [0.5, 0.6) is 0 Å². The van der Waals surface area contributed by atoms with E-state index >= 15 is 0 Å². The lowest BCUT2D eigenvalue weighted by Gasteiger charge is -2.22. The molecule has 0 unspecified atom stereocenters. The summed E-state index contributed by atoms with van der Waals surface area (Å²) in [6.07, 6.45) is 0. The number of aromatic amines is 1. The Balaban J connectivity index is 1.86. The van der Waals surface area contributed by atoms with Gasteiger partial charge >= 0.3 is 5.97 Å². The van der Waals surface area contributed by atoms with Gasteiger partial charge in [-0.3, -0.25) is 4.79 Å². The minimum absolute atomic E-state index is 0.139. The molecule has 0 atom stereocenters. The van der Waals surface area contributed by atoms with Crippen molar-refractivity contribution in [2.75, 3.05) is 43.1 Å². The lowest BCUT2D eigenvalue weighted by molar-refractivity contribution is -0.887. The van der Waals surface area contributed by atoms with E-state index in [0.29, 0.717) is 17.4 Å². The van der Waals surface area contributed by atoms with Crippen molar-refractivity contribution >= 4 is 40.2 Å². The van der Waals surface area contributed by atoms with Crippen LogP contribution in [0, 0.1) is 5.82 Å². The van der Waals surface area contributed by atoms with Gasteiger partial charge in [0.2, 0.25) is 0 Å². The molecule has 0 spiro atoms. The molecule has 1 fully saturated rings. The Morgan fingerprint density at radius 1 is 1.36 bits per heavy atom. The van der Waals surface area contributed by atoms with Crippen LogP contribution in [-0.4, -0.2) is 54.6 Å². The standard InChI is InChI=1S/C17H20FN3O3S/c1-2-24-17(23)16-15(12-9-11(18)3-4-13(12)19-16)20-14(22)10-21-5-7-25-8-6-21/h3-4,9,19H,2,5-8,10H2,1H3,(H,20,22)/p+1. The number of carbonyl (C=O) groups excluding carboxylic acids is 2. The highest BCUT2D eigenvalue weighted by Gasteiger charge is 2.23. The molecule has 8 heteroatoms. The molecular weight excluding hydrogens is 345 g/mol. The van der Waals surface area contributed by atoms with Gasteiger partial charge in [0.05, 0.1) is 25.4 Å². The zero-order valence-electron chi connectivity index (χ0n) is 14.0. The summed E-state index contributed by atoms with van der Waals surface area (Å²) in [5.74, 6) is 0.870. The lowest BCUT2D eigenvalue weighted by Crippen LogP contribution is -3.14. The smallest absolute Gasteiger partial charge is 0.356 e. The molecule has 2 aromatic rings. The van der Waals surface area contributed by atoms with E-state index in [0.717, 1.165) is 24.6 Å². The average molecular weight is 366 g/mol. The summed E-state index contributed by atoms with van der Waals surface area (Å²) in [5, 5.41) is 3.24. The number of ether oxygens (including phenoxy) is 1. The molecule has 3 N–H and O–H groups in total. The van der Waals surface area contributed by atoms with Crippen LogP contribution < -0.4 is 10.2 Å². The summed E-state index contributed by atoms with van der Waals surface area (Å²) < 4.78 is 18.7. The van der Waals surface area contributed by atoms with Gasteiger partial charge in [-0.25, -0.2) is 9.18 Å². The van der Waals surface area contributed by atoms with Gasteiger partial charge in [-0.2, -0.15) is 11.8 Å². The summed E-state index contributed by atoms with van der Waals surface area (Å²) in [6, 6.07) is 4.14. The predicted octanol–water partition coefficient (Wildman–Crippen LogP) is 1.05. The molecule has 1 aliphatic rings. The van der Waals surface area contributed by atoms with Gasteiger partial charge in [0.15, 0.2) is 6.54 Å². The van der Waals surface area contributed by atoms with Gasteiger partial charge in [-0.05, 0) is 25.1 Å². The fraction of sp³-hybridized carbons (Fsp3) is 0.412. The van der Waals surface area contributed by atoms with Crippen LogP contribution in [0.1, 0.15) is 17.4 Å². The summed E-state index contributed by atoms with van der Waals surface area (Å²) in [6.45, 7) is 4.11. The molecule has 6 nitrogen and oxygen atoms in total. The number of hydrogen-bond acceptors (Lipinski definition) is 4. The molecule has 25 heavy (non-hydrogen) atoms. The quantitative estimate of drug-likeness (QED) is 0.692. The normalized spacial score (nSPS) is 15.3. The van der Waals surface area contributed by atoms with Crippen molar-refractivity contribution in [3.63, 3.8) is 0 Å². The summed E-state index contributed by atoms with van der Waals surface area (Å²) in [5.41, 5.74) is 0.991. The van der Waals surface area contributed by atoms with Crippen LogP contribution in [0.25, 0.3) is 10.9 Å². The largest absolute Gasteiger partial charge is 0.461 e. The fourth-order valence-corrected chi connectivity index (χ4v) is 3.97. The fourth-order valence-electron chi connectivity index (χ4n) is 2.90. The Kier molecular flexibility index (Phi) is 5.60. The molecule has 0 aliphatic carbocycles. The highest BCUT2D eigenvalue weighted by molar-refractivity contribution is 7.99. The second-order valence-electron chi connectivity index (χ2n) is 5.87. The predicted molar refractivity (Wildman–Crippen MR) is 95.7 cm³/mol. The van der Waals surface area contributed by atoms with Crippen LogP contribution in [-0.2, 0) is 9.53 Å². The third kappa shape index (κ3) is 4.13. The molecule has 0 saturated carbocycles. The second kappa shape index (κ2) is 7.88. The maximum Gasteiger partial charge on any atom is 0.356 e. The first-order valence-electron chi connectivity index (χ1n) is 8.28. The van der Waals surface area contributed by atoms with Crippen LogP contribution in [0.15, 0.2) is 18.2 Å². The molecule has 2 heterocycles. The van der Waals surface area contributed by atoms with Crippen molar-refractivity contribution in [1.29, 1.82) is 0 Å². The SMILES string of the molecule is CCOC(=O)c1[nH]c2ccc(F)cc2c1NC(=O)C[NH+]1CCSCC1. The Bertz CT molecular complexity index is 787. The van der Waals surface area contributed by atoms with Crippen molar-refractivity contribution in [1.82, 2.24) is 4.98 Å². The average Bonchev–Trinajstić information content (AvgIpc) is 2.94. The maximum absolute atomic E-state index is 13.6. The van der Waals surface area contributed by atoms with E-state index < -0.39 is 11.8 Å². The lowest BCUT2D eigenvalue weighted by atomic mass is 10.2. The van der Waals surface area contributed by atoms with E-state index in [2.05, 4.69) is 10.3 Å². The van der Waals surface area contributed by atoms with Crippen molar-refractivity contribution in [3.05, 3.63) is 29.7 Å². The number of esters is 1. The van der Waals surface area contributed by atoms with E-state index in [1.165, 1.54) is 23.1 Å². The van der Waals surface area contributed by atoms with Crippen LogP contribution >= 0.6 is 11.8 Å². The topological polar surface area (TPSA) is 75.6 Å². The number of aromatic nitrogens is 1. The number of nitrogens with one attached hydrogen (secondary N) is 3. The number of rotatable bonds is 5. The molecule has 1 amide bonds. The maximum atomic E-state index is 13.6. The first kappa shape index (κ1) is 17.8. The minimum Gasteiger partial charge on any atom is -0.461 e. The van der Waals surface area contributed by atoms with Crippen molar-refractivity contribution in [3.8, 4) is 0 Å². The first-order valence-corrected chi connectivity index (χ1v) is 9.43. The van der Waals surface area contributed by atoms with Crippen LogP contribution in [0.3, 0.4) is 0 Å². The Morgan fingerprint density at radius 3 is 2.84 bits per heavy atom. The third-order valence-corrected chi connectivity index (χ3v) is 5.10. The monoisotopic (exact) mass is 366 g/mol. The number of halogens is 1. The van der Waals surface area contributed by atoms with Crippen LogP contribution in [0.4, 0.5) is 10.1 Å². The van der Waals surface area contributed by atoms with Gasteiger partial charge in [0, 0.05) is 22.4 Å². The zero-order valence-corrected chi connectivity index (χ0v) is 14.8. The highest BCUT2D eigenvalue weighted by Crippen LogP contribution is 2.29. The van der Waals surface area contributed by atoms with Gasteiger partial charge < -0.3 is 19.9 Å². The number of benzene rings is 1. The summed E-state index contributed by atoms with van der Waals surface area (Å²) >= 11 is 1.89. The third-order valence-electron chi connectivity index (χ3n) is 4.12. The van der Waals surface area contributed by atoms with Crippen LogP contribution in [0.2, 0.25) is 0 Å². The second-order valence-corrected chi connectivity index (χ2v) is 7.10. The van der Waals surface area contributed by atoms with E-state index in [-0.39, 0.29) is 23.9 Å². The first-order chi connectivity index (χ1) is 12.1. The molecule has 1 aromatic heterocycles. The molecule has 0 radical (unpaired) electrons. The number of thioether (sulfide) groups is 1. The number of hydrogen-bond donors (Lipinski definition) is 3. The van der Waals surface area contributed by atoms with Crippen molar-refractivity contribution < 1.29 is 23.6 Å². The van der Waals surface area contributed by atoms with E-state index in [1.54, 1.807) is 6.92 Å². The number of carbonyl (C=O) groups is 2. The molecule has 1 aromatic carbocycles. The number of quaternary nitrogens is 1. The van der Waals surface area contributed by atoms with Gasteiger partial charge in [-0.15, -0.1) is 0 Å². The number of H-pyrrole nitrogens is 1.